The summed E-state index contributed by atoms with van der Waals surface area (Å²) in [6.45, 7) is 14.8. The largest absolute Gasteiger partial charge is 0.444 e. The summed E-state index contributed by atoms with van der Waals surface area (Å²) >= 11 is 0. The fourth-order valence-electron chi connectivity index (χ4n) is 2.70. The zero-order chi connectivity index (χ0) is 20.2. The maximum absolute atomic E-state index is 11.7. The molecule has 5 nitrogen and oxygen atoms in total. The van der Waals surface area contributed by atoms with E-state index in [1.807, 2.05) is 20.8 Å². The minimum Gasteiger partial charge on any atom is -0.444 e. The number of hydrogen-bond acceptors (Lipinski definition) is 3. The Balaban J connectivity index is 2.01. The smallest absolute Gasteiger partial charge is 0.407 e. The fourth-order valence-corrected chi connectivity index (χ4v) is 2.70. The van der Waals surface area contributed by atoms with E-state index in [4.69, 9.17) is 9.72 Å². The number of ether oxygens (including phenoxy) is 1. The monoisotopic (exact) mass is 371 g/mol. The van der Waals surface area contributed by atoms with E-state index < -0.39 is 5.60 Å². The molecule has 0 aliphatic rings. The first kappa shape index (κ1) is 21.0. The van der Waals surface area contributed by atoms with Gasteiger partial charge in [-0.15, -0.1) is 0 Å². The summed E-state index contributed by atoms with van der Waals surface area (Å²) in [4.78, 5) is 16.5. The highest BCUT2D eigenvalue weighted by Gasteiger charge is 2.19. The molecule has 0 aliphatic heterocycles. The van der Waals surface area contributed by atoms with E-state index in [9.17, 15) is 4.79 Å². The first-order chi connectivity index (χ1) is 12.5. The molecule has 1 N–H and O–H groups in total. The van der Waals surface area contributed by atoms with E-state index in [-0.39, 0.29) is 11.5 Å². The number of carbonyl (C=O) groups excluding carboxylic acids is 1. The van der Waals surface area contributed by atoms with Gasteiger partial charge in [-0.1, -0.05) is 39.8 Å². The van der Waals surface area contributed by atoms with Crippen molar-refractivity contribution < 1.29 is 9.53 Å². The van der Waals surface area contributed by atoms with Crippen molar-refractivity contribution in [1.82, 2.24) is 14.9 Å². The molecule has 0 radical (unpaired) electrons. The van der Waals surface area contributed by atoms with Gasteiger partial charge in [0.15, 0.2) is 0 Å². The lowest BCUT2D eigenvalue weighted by molar-refractivity contribution is 0.0528. The van der Waals surface area contributed by atoms with Crippen LogP contribution in [0, 0.1) is 0 Å². The summed E-state index contributed by atoms with van der Waals surface area (Å²) < 4.78 is 7.42. The number of aryl methyl sites for hydroxylation is 1. The maximum Gasteiger partial charge on any atom is 0.407 e. The van der Waals surface area contributed by atoms with Gasteiger partial charge in [-0.3, -0.25) is 0 Å². The van der Waals surface area contributed by atoms with Crippen LogP contribution in [-0.2, 0) is 23.0 Å². The fraction of sp³-hybridized carbons (Fsp3) is 0.545. The Kier molecular flexibility index (Phi) is 6.34. The third kappa shape index (κ3) is 6.12. The summed E-state index contributed by atoms with van der Waals surface area (Å²) in [7, 11) is 0. The zero-order valence-electron chi connectivity index (χ0n) is 17.7. The van der Waals surface area contributed by atoms with Crippen molar-refractivity contribution in [3.63, 3.8) is 0 Å². The molecule has 0 saturated heterocycles. The molecule has 2 aromatic rings. The van der Waals surface area contributed by atoms with E-state index >= 15 is 0 Å². The Morgan fingerprint density at radius 2 is 1.74 bits per heavy atom. The number of nitrogens with one attached hydrogen (secondary N) is 1. The van der Waals surface area contributed by atoms with Gasteiger partial charge < -0.3 is 14.6 Å². The predicted molar refractivity (Wildman–Crippen MR) is 110 cm³/mol. The Hall–Kier alpha value is -2.30. The van der Waals surface area contributed by atoms with Gasteiger partial charge in [0.05, 0.1) is 5.69 Å². The van der Waals surface area contributed by atoms with Crippen molar-refractivity contribution in [2.75, 3.05) is 6.54 Å². The summed E-state index contributed by atoms with van der Waals surface area (Å²) in [6, 6.07) is 8.41. The summed E-state index contributed by atoms with van der Waals surface area (Å²) in [6.07, 6.45) is 3.41. The Morgan fingerprint density at radius 3 is 2.26 bits per heavy atom. The lowest BCUT2D eigenvalue weighted by atomic mass is 9.93. The average Bonchev–Trinajstić information content (AvgIpc) is 2.98. The van der Waals surface area contributed by atoms with Crippen LogP contribution in [0.1, 0.15) is 65.5 Å². The normalized spacial score (nSPS) is 12.1. The molecule has 0 aliphatic carbocycles. The lowest BCUT2D eigenvalue weighted by Gasteiger charge is -2.19. The van der Waals surface area contributed by atoms with Crippen LogP contribution in [0.5, 0.6) is 0 Å². The van der Waals surface area contributed by atoms with Crippen molar-refractivity contribution in [3.8, 4) is 5.69 Å². The molecule has 1 heterocycles. The molecular formula is C22H33N3O2. The van der Waals surface area contributed by atoms with Crippen LogP contribution >= 0.6 is 0 Å². The predicted octanol–water partition coefficient (Wildman–Crippen LogP) is 4.80. The number of alkyl carbamates (subject to hydrolysis) is 1. The van der Waals surface area contributed by atoms with Crippen LogP contribution in [-0.4, -0.2) is 27.8 Å². The van der Waals surface area contributed by atoms with Gasteiger partial charge in [0, 0.05) is 30.3 Å². The molecule has 0 unspecified atom stereocenters. The Bertz CT molecular complexity index is 762. The highest BCUT2D eigenvalue weighted by molar-refractivity contribution is 5.67. The van der Waals surface area contributed by atoms with Gasteiger partial charge in [0.25, 0.3) is 0 Å². The number of amides is 1. The minimum absolute atomic E-state index is 0.0302. The second-order valence-electron chi connectivity index (χ2n) is 8.86. The van der Waals surface area contributed by atoms with Gasteiger partial charge in [-0.2, -0.15) is 0 Å². The molecule has 0 spiro atoms. The van der Waals surface area contributed by atoms with E-state index in [1.165, 1.54) is 5.56 Å². The summed E-state index contributed by atoms with van der Waals surface area (Å²) in [5.41, 5.74) is 2.94. The molecule has 0 atom stereocenters. The summed E-state index contributed by atoms with van der Waals surface area (Å²) in [5, 5.41) is 2.80. The lowest BCUT2D eigenvalue weighted by Crippen LogP contribution is -2.33. The SMILES string of the molecule is CCc1nc(C(C)(C)C)cn1-c1ccc(CCNC(=O)OC(C)(C)C)cc1. The van der Waals surface area contributed by atoms with Gasteiger partial charge in [0.1, 0.15) is 11.4 Å². The number of rotatable bonds is 5. The molecule has 0 fully saturated rings. The molecule has 2 rings (SSSR count). The molecule has 148 valence electrons. The summed E-state index contributed by atoms with van der Waals surface area (Å²) in [5.74, 6) is 1.07. The van der Waals surface area contributed by atoms with Crippen LogP contribution in [0.4, 0.5) is 4.79 Å². The molecule has 5 heteroatoms. The number of nitrogens with zero attached hydrogens (tertiary/aromatic N) is 2. The highest BCUT2D eigenvalue weighted by atomic mass is 16.6. The number of aromatic nitrogens is 2. The first-order valence-corrected chi connectivity index (χ1v) is 9.64. The minimum atomic E-state index is -0.473. The van der Waals surface area contributed by atoms with E-state index in [1.54, 1.807) is 0 Å². The second-order valence-corrected chi connectivity index (χ2v) is 8.86. The zero-order valence-corrected chi connectivity index (χ0v) is 17.7. The van der Waals surface area contributed by atoms with E-state index in [0.29, 0.717) is 6.54 Å². The number of carbonyl (C=O) groups is 1. The third-order valence-electron chi connectivity index (χ3n) is 4.16. The molecular weight excluding hydrogens is 338 g/mol. The van der Waals surface area contributed by atoms with E-state index in [0.717, 1.165) is 30.0 Å². The quantitative estimate of drug-likeness (QED) is 0.821. The number of imidazole rings is 1. The van der Waals surface area contributed by atoms with Crippen molar-refractivity contribution in [2.24, 2.45) is 0 Å². The molecule has 0 bridgehead atoms. The second kappa shape index (κ2) is 8.15. The van der Waals surface area contributed by atoms with Crippen molar-refractivity contribution in [1.29, 1.82) is 0 Å². The Labute approximate surface area is 163 Å². The van der Waals surface area contributed by atoms with Crippen LogP contribution in [0.25, 0.3) is 5.69 Å². The third-order valence-corrected chi connectivity index (χ3v) is 4.16. The van der Waals surface area contributed by atoms with Crippen LogP contribution in [0.3, 0.4) is 0 Å². The maximum atomic E-state index is 11.7. The molecule has 0 saturated carbocycles. The van der Waals surface area contributed by atoms with E-state index in [2.05, 4.69) is 68.0 Å². The highest BCUT2D eigenvalue weighted by Crippen LogP contribution is 2.24. The standard InChI is InChI=1S/C22H33N3O2/c1-8-19-24-18(21(2,3)4)15-25(19)17-11-9-16(10-12-17)13-14-23-20(26)27-22(5,6)7/h9-12,15H,8,13-14H2,1-7H3,(H,23,26). The van der Waals surface area contributed by atoms with Crippen LogP contribution in [0.15, 0.2) is 30.5 Å². The topological polar surface area (TPSA) is 56.2 Å². The van der Waals surface area contributed by atoms with Gasteiger partial charge in [0.2, 0.25) is 0 Å². The molecule has 1 amide bonds. The van der Waals surface area contributed by atoms with Crippen molar-refractivity contribution in [2.45, 2.75) is 72.3 Å². The number of benzene rings is 1. The van der Waals surface area contributed by atoms with Crippen LogP contribution < -0.4 is 5.32 Å². The Morgan fingerprint density at radius 1 is 1.11 bits per heavy atom. The van der Waals surface area contributed by atoms with Crippen LogP contribution in [0.2, 0.25) is 0 Å². The van der Waals surface area contributed by atoms with Gasteiger partial charge >= 0.3 is 6.09 Å². The molecule has 27 heavy (non-hydrogen) atoms. The number of hydrogen-bond donors (Lipinski definition) is 1. The molecule has 1 aromatic heterocycles. The van der Waals surface area contributed by atoms with Gasteiger partial charge in [-0.05, 0) is 44.9 Å². The van der Waals surface area contributed by atoms with Gasteiger partial charge in [-0.25, -0.2) is 9.78 Å². The average molecular weight is 372 g/mol. The van der Waals surface area contributed by atoms with Crippen molar-refractivity contribution in [3.05, 3.63) is 47.5 Å². The molecule has 1 aromatic carbocycles. The van der Waals surface area contributed by atoms with Crippen molar-refractivity contribution >= 4 is 6.09 Å². The first-order valence-electron chi connectivity index (χ1n) is 9.64.